The molecule has 7 nitrogen and oxygen atoms in total. The zero-order chi connectivity index (χ0) is 24.2. The lowest BCUT2D eigenvalue weighted by molar-refractivity contribution is -0.137. The third kappa shape index (κ3) is 6.22. The molecule has 2 amide bonds. The van der Waals surface area contributed by atoms with E-state index in [0.29, 0.717) is 17.6 Å². The Kier molecular flexibility index (Phi) is 6.86. The molecule has 0 atom stereocenters. The number of carbonyl (C=O) groups is 2. The molecule has 0 fully saturated rings. The van der Waals surface area contributed by atoms with Crippen molar-refractivity contribution in [2.75, 3.05) is 5.32 Å². The van der Waals surface area contributed by atoms with Crippen LogP contribution in [0.3, 0.4) is 0 Å². The van der Waals surface area contributed by atoms with E-state index in [-0.39, 0.29) is 28.8 Å². The number of ether oxygens (including phenoxy) is 2. The Hall–Kier alpha value is -4.08. The van der Waals surface area contributed by atoms with Crippen LogP contribution in [-0.4, -0.2) is 22.9 Å². The molecule has 0 saturated heterocycles. The van der Waals surface area contributed by atoms with Crippen LogP contribution in [-0.2, 0) is 6.18 Å². The highest BCUT2D eigenvalue weighted by Crippen LogP contribution is 2.35. The van der Waals surface area contributed by atoms with Gasteiger partial charge in [0, 0.05) is 11.9 Å². The van der Waals surface area contributed by atoms with E-state index in [1.54, 1.807) is 24.3 Å². The number of amides is 2. The molecule has 1 aromatic heterocycles. The minimum absolute atomic E-state index is 0.0368. The van der Waals surface area contributed by atoms with E-state index >= 15 is 0 Å². The number of pyridine rings is 1. The minimum atomic E-state index is -4.67. The highest BCUT2D eigenvalue weighted by atomic mass is 19.4. The Bertz CT molecular complexity index is 1160. The van der Waals surface area contributed by atoms with E-state index in [1.807, 2.05) is 13.8 Å². The average molecular weight is 459 g/mol. The van der Waals surface area contributed by atoms with Crippen LogP contribution in [0.25, 0.3) is 0 Å². The third-order valence-corrected chi connectivity index (χ3v) is 4.25. The number of carbonyl (C=O) groups excluding carboxylic acids is 2. The largest absolute Gasteiger partial charge is 0.491 e. The first-order valence-electron chi connectivity index (χ1n) is 9.76. The van der Waals surface area contributed by atoms with Crippen LogP contribution < -0.4 is 20.5 Å². The molecule has 0 aliphatic carbocycles. The van der Waals surface area contributed by atoms with Crippen LogP contribution in [0.4, 0.5) is 18.9 Å². The van der Waals surface area contributed by atoms with Crippen molar-refractivity contribution in [2.45, 2.75) is 26.1 Å². The highest BCUT2D eigenvalue weighted by molar-refractivity contribution is 6.06. The summed E-state index contributed by atoms with van der Waals surface area (Å²) in [5, 5.41) is 2.43. The Morgan fingerprint density at radius 1 is 1.00 bits per heavy atom. The number of hydrogen-bond acceptors (Lipinski definition) is 5. The maximum Gasteiger partial charge on any atom is 0.416 e. The number of anilines is 1. The second kappa shape index (κ2) is 9.60. The zero-order valence-electron chi connectivity index (χ0n) is 17.6. The van der Waals surface area contributed by atoms with Crippen LogP contribution >= 0.6 is 0 Å². The van der Waals surface area contributed by atoms with Gasteiger partial charge in [0.15, 0.2) is 0 Å². The molecule has 0 saturated carbocycles. The molecule has 0 radical (unpaired) electrons. The van der Waals surface area contributed by atoms with Gasteiger partial charge in [0.05, 0.1) is 17.2 Å². The van der Waals surface area contributed by atoms with Gasteiger partial charge in [-0.15, -0.1) is 0 Å². The first kappa shape index (κ1) is 23.6. The van der Waals surface area contributed by atoms with Crippen LogP contribution in [0.1, 0.15) is 40.3 Å². The molecule has 0 unspecified atom stereocenters. The van der Waals surface area contributed by atoms with Crippen molar-refractivity contribution < 1.29 is 32.2 Å². The molecule has 1 heterocycles. The van der Waals surface area contributed by atoms with E-state index in [1.165, 1.54) is 18.3 Å². The number of nitrogens with two attached hydrogens (primary N) is 1. The van der Waals surface area contributed by atoms with Crippen molar-refractivity contribution in [3.05, 3.63) is 77.6 Å². The van der Waals surface area contributed by atoms with E-state index in [4.69, 9.17) is 15.2 Å². The van der Waals surface area contributed by atoms with E-state index in [9.17, 15) is 22.8 Å². The van der Waals surface area contributed by atoms with Gasteiger partial charge in [0.2, 0.25) is 0 Å². The third-order valence-electron chi connectivity index (χ3n) is 4.25. The van der Waals surface area contributed by atoms with Gasteiger partial charge in [0.1, 0.15) is 22.9 Å². The summed E-state index contributed by atoms with van der Waals surface area (Å²) in [5.41, 5.74) is 3.81. The van der Waals surface area contributed by atoms with E-state index in [2.05, 4.69) is 10.3 Å². The molecule has 0 spiro atoms. The van der Waals surface area contributed by atoms with Crippen molar-refractivity contribution >= 4 is 17.5 Å². The smallest absolute Gasteiger partial charge is 0.416 e. The lowest BCUT2D eigenvalue weighted by atomic mass is 10.1. The molecule has 0 aliphatic rings. The Balaban J connectivity index is 1.92. The molecule has 3 aromatic rings. The lowest BCUT2D eigenvalue weighted by Gasteiger charge is -2.15. The van der Waals surface area contributed by atoms with Crippen LogP contribution in [0.5, 0.6) is 17.2 Å². The van der Waals surface area contributed by atoms with Gasteiger partial charge in [-0.3, -0.25) is 14.6 Å². The van der Waals surface area contributed by atoms with Gasteiger partial charge < -0.3 is 20.5 Å². The summed E-state index contributed by atoms with van der Waals surface area (Å²) in [5.74, 6) is -0.913. The summed E-state index contributed by atoms with van der Waals surface area (Å²) < 4.78 is 51.0. The molecular formula is C23H20F3N3O4. The molecule has 3 N–H and O–H groups in total. The normalized spacial score (nSPS) is 11.2. The summed E-state index contributed by atoms with van der Waals surface area (Å²) >= 11 is 0. The van der Waals surface area contributed by atoms with Crippen molar-refractivity contribution in [1.29, 1.82) is 0 Å². The highest BCUT2D eigenvalue weighted by Gasteiger charge is 2.32. The summed E-state index contributed by atoms with van der Waals surface area (Å²) in [6.45, 7) is 3.74. The fourth-order valence-electron chi connectivity index (χ4n) is 2.80. The monoisotopic (exact) mass is 459 g/mol. The molecule has 2 aromatic carbocycles. The zero-order valence-corrected chi connectivity index (χ0v) is 17.6. The first-order chi connectivity index (χ1) is 15.5. The second-order valence-corrected chi connectivity index (χ2v) is 7.20. The van der Waals surface area contributed by atoms with Crippen molar-refractivity contribution in [3.63, 3.8) is 0 Å². The molecule has 33 heavy (non-hydrogen) atoms. The standard InChI is InChI=1S/C23H20F3N3O4/c1-13(2)32-16-4-6-17(7-5-16)33-20-8-3-14(23(24,25)26)11-18(20)22(31)29-15-9-10-28-19(12-15)21(27)30/h3-13H,1-2H3,(H2,27,30)(H,28,29,31). The molecule has 10 heteroatoms. The second-order valence-electron chi connectivity index (χ2n) is 7.20. The molecule has 3 rings (SSSR count). The van der Waals surface area contributed by atoms with Crippen molar-refractivity contribution in [3.8, 4) is 17.2 Å². The van der Waals surface area contributed by atoms with Gasteiger partial charge in [0.25, 0.3) is 11.8 Å². The molecular weight excluding hydrogens is 439 g/mol. The van der Waals surface area contributed by atoms with Gasteiger partial charge >= 0.3 is 6.18 Å². The summed E-state index contributed by atoms with van der Waals surface area (Å²) in [4.78, 5) is 27.9. The number of primary amides is 1. The fraction of sp³-hybridized carbons (Fsp3) is 0.174. The number of aromatic nitrogens is 1. The van der Waals surface area contributed by atoms with E-state index in [0.717, 1.165) is 12.1 Å². The molecule has 172 valence electrons. The predicted molar refractivity (Wildman–Crippen MR) is 114 cm³/mol. The van der Waals surface area contributed by atoms with Gasteiger partial charge in [-0.2, -0.15) is 13.2 Å². The Morgan fingerprint density at radius 2 is 1.67 bits per heavy atom. The number of benzene rings is 2. The maximum atomic E-state index is 13.3. The van der Waals surface area contributed by atoms with Crippen LogP contribution in [0.2, 0.25) is 0 Å². The predicted octanol–water partition coefficient (Wildman–Crippen LogP) is 5.03. The summed E-state index contributed by atoms with van der Waals surface area (Å²) in [6.07, 6.45) is -3.47. The maximum absolute atomic E-state index is 13.3. The lowest BCUT2D eigenvalue weighted by Crippen LogP contribution is -2.17. The fourth-order valence-corrected chi connectivity index (χ4v) is 2.80. The number of nitrogens with one attached hydrogen (secondary N) is 1. The van der Waals surface area contributed by atoms with Crippen LogP contribution in [0.15, 0.2) is 60.8 Å². The Labute approximate surface area is 187 Å². The van der Waals surface area contributed by atoms with Crippen LogP contribution in [0, 0.1) is 0 Å². The average Bonchev–Trinajstić information content (AvgIpc) is 2.74. The molecule has 0 aliphatic heterocycles. The van der Waals surface area contributed by atoms with Crippen molar-refractivity contribution in [2.24, 2.45) is 5.73 Å². The molecule has 0 bridgehead atoms. The van der Waals surface area contributed by atoms with Crippen molar-refractivity contribution in [1.82, 2.24) is 4.98 Å². The van der Waals surface area contributed by atoms with E-state index < -0.39 is 23.6 Å². The van der Waals surface area contributed by atoms with Gasteiger partial charge in [-0.25, -0.2) is 0 Å². The number of halogens is 3. The SMILES string of the molecule is CC(C)Oc1ccc(Oc2ccc(C(F)(F)F)cc2C(=O)Nc2ccnc(C(N)=O)c2)cc1. The number of alkyl halides is 3. The quantitative estimate of drug-likeness (QED) is 0.516. The Morgan fingerprint density at radius 3 is 2.27 bits per heavy atom. The summed E-state index contributed by atoms with van der Waals surface area (Å²) in [7, 11) is 0. The topological polar surface area (TPSA) is 104 Å². The number of rotatable bonds is 7. The number of nitrogens with zero attached hydrogens (tertiary/aromatic N) is 1. The summed E-state index contributed by atoms with van der Waals surface area (Å²) in [6, 6.07) is 11.6. The van der Waals surface area contributed by atoms with Gasteiger partial charge in [-0.1, -0.05) is 0 Å². The number of hydrogen-bond donors (Lipinski definition) is 2. The first-order valence-corrected chi connectivity index (χ1v) is 9.76. The van der Waals surface area contributed by atoms with Gasteiger partial charge in [-0.05, 0) is 68.4 Å². The minimum Gasteiger partial charge on any atom is -0.491 e.